The van der Waals surface area contributed by atoms with Crippen molar-refractivity contribution in [1.82, 2.24) is 19.5 Å². The summed E-state index contributed by atoms with van der Waals surface area (Å²) < 4.78 is 102. The molecular formula is C16H15F6N5O3S. The number of aromatic nitrogens is 3. The van der Waals surface area contributed by atoms with Gasteiger partial charge in [0.1, 0.15) is 0 Å². The van der Waals surface area contributed by atoms with Gasteiger partial charge in [0.15, 0.2) is 0 Å². The van der Waals surface area contributed by atoms with Gasteiger partial charge in [-0.3, -0.25) is 15.2 Å². The summed E-state index contributed by atoms with van der Waals surface area (Å²) in [5.74, 6) is -3.38. The molecule has 0 bridgehead atoms. The molecule has 2 aromatic rings. The maximum absolute atomic E-state index is 12.9. The van der Waals surface area contributed by atoms with Crippen LogP contribution in [-0.4, -0.2) is 46.9 Å². The molecule has 0 saturated carbocycles. The van der Waals surface area contributed by atoms with Gasteiger partial charge >= 0.3 is 12.4 Å². The molecule has 15 heteroatoms. The van der Waals surface area contributed by atoms with E-state index < -0.39 is 56.4 Å². The van der Waals surface area contributed by atoms with E-state index in [1.54, 1.807) is 5.10 Å². The van der Waals surface area contributed by atoms with Crippen LogP contribution in [0.15, 0.2) is 29.2 Å². The molecule has 1 aliphatic heterocycles. The number of carbonyl (C=O) groups excluding carboxylic acids is 1. The second-order valence-electron chi connectivity index (χ2n) is 6.70. The van der Waals surface area contributed by atoms with Crippen LogP contribution in [0.4, 0.5) is 32.3 Å². The Labute approximate surface area is 171 Å². The lowest BCUT2D eigenvalue weighted by atomic mass is 9.97. The number of hydrogen-bond donors (Lipinski definition) is 2. The molecule has 1 aromatic carbocycles. The molecule has 1 aliphatic rings. The van der Waals surface area contributed by atoms with Crippen LogP contribution in [0.2, 0.25) is 0 Å². The molecule has 1 amide bonds. The molecule has 0 atom stereocenters. The largest absolute Gasteiger partial charge is 0.451 e. The summed E-state index contributed by atoms with van der Waals surface area (Å²) in [5.41, 5.74) is -1.10. The van der Waals surface area contributed by atoms with E-state index in [0.29, 0.717) is 6.07 Å². The van der Waals surface area contributed by atoms with E-state index >= 15 is 0 Å². The van der Waals surface area contributed by atoms with E-state index in [-0.39, 0.29) is 25.9 Å². The lowest BCUT2D eigenvalue weighted by molar-refractivity contribution is -0.144. The third-order valence-electron chi connectivity index (χ3n) is 4.61. The Morgan fingerprint density at radius 3 is 2.29 bits per heavy atom. The Balaban J connectivity index is 1.63. The quantitative estimate of drug-likeness (QED) is 0.667. The molecule has 1 aromatic heterocycles. The second kappa shape index (κ2) is 8.11. The fraction of sp³-hybridized carbons (Fsp3) is 0.438. The smallest absolute Gasteiger partial charge is 0.293 e. The fourth-order valence-corrected chi connectivity index (χ4v) is 4.51. The van der Waals surface area contributed by atoms with Gasteiger partial charge in [-0.15, -0.1) is 5.10 Å². The summed E-state index contributed by atoms with van der Waals surface area (Å²) in [6.45, 7) is -0.309. The Morgan fingerprint density at radius 1 is 1.10 bits per heavy atom. The molecule has 2 N–H and O–H groups in total. The van der Waals surface area contributed by atoms with Crippen molar-refractivity contribution >= 4 is 21.9 Å². The van der Waals surface area contributed by atoms with Crippen molar-refractivity contribution < 1.29 is 39.6 Å². The summed E-state index contributed by atoms with van der Waals surface area (Å²) in [6, 6.07) is 3.32. The highest BCUT2D eigenvalue weighted by Gasteiger charge is 2.37. The van der Waals surface area contributed by atoms with Gasteiger partial charge in [0.25, 0.3) is 0 Å². The molecule has 31 heavy (non-hydrogen) atoms. The highest BCUT2D eigenvalue weighted by Crippen LogP contribution is 2.32. The molecule has 170 valence electrons. The van der Waals surface area contributed by atoms with Crippen LogP contribution in [-0.2, 0) is 27.2 Å². The number of benzene rings is 1. The molecule has 0 unspecified atom stereocenters. The minimum absolute atomic E-state index is 0.0145. The molecule has 0 spiro atoms. The molecule has 0 radical (unpaired) electrons. The highest BCUT2D eigenvalue weighted by molar-refractivity contribution is 7.89. The number of aromatic amines is 1. The molecule has 3 rings (SSSR count). The summed E-state index contributed by atoms with van der Waals surface area (Å²) in [7, 11) is -4.22. The van der Waals surface area contributed by atoms with Crippen molar-refractivity contribution in [3.63, 3.8) is 0 Å². The summed E-state index contributed by atoms with van der Waals surface area (Å²) in [6.07, 6.45) is -9.44. The van der Waals surface area contributed by atoms with Crippen LogP contribution in [0, 0.1) is 5.92 Å². The topological polar surface area (TPSA) is 108 Å². The van der Waals surface area contributed by atoms with Gasteiger partial charge in [0.2, 0.25) is 27.7 Å². The zero-order valence-corrected chi connectivity index (χ0v) is 16.3. The van der Waals surface area contributed by atoms with Gasteiger partial charge in [-0.1, -0.05) is 6.07 Å². The van der Waals surface area contributed by atoms with Crippen LogP contribution >= 0.6 is 0 Å². The number of rotatable bonds is 4. The van der Waals surface area contributed by atoms with Crippen LogP contribution in [0.25, 0.3) is 0 Å². The molecule has 0 aliphatic carbocycles. The number of anilines is 1. The van der Waals surface area contributed by atoms with Crippen molar-refractivity contribution in [1.29, 1.82) is 0 Å². The van der Waals surface area contributed by atoms with Crippen LogP contribution < -0.4 is 5.32 Å². The number of hydrogen-bond acceptors (Lipinski definition) is 5. The van der Waals surface area contributed by atoms with E-state index in [1.165, 1.54) is 0 Å². The van der Waals surface area contributed by atoms with Gasteiger partial charge in [-0.05, 0) is 31.0 Å². The van der Waals surface area contributed by atoms with Crippen LogP contribution in [0.3, 0.4) is 0 Å². The van der Waals surface area contributed by atoms with Crippen molar-refractivity contribution in [3.8, 4) is 0 Å². The van der Waals surface area contributed by atoms with Gasteiger partial charge in [-0.2, -0.15) is 35.6 Å². The molecule has 1 fully saturated rings. The van der Waals surface area contributed by atoms with Crippen LogP contribution in [0.5, 0.6) is 0 Å². The van der Waals surface area contributed by atoms with Crippen LogP contribution in [0.1, 0.15) is 24.2 Å². The maximum Gasteiger partial charge on any atom is 0.451 e. The van der Waals surface area contributed by atoms with Crippen molar-refractivity contribution in [2.75, 3.05) is 18.4 Å². The Hall–Kier alpha value is -2.68. The standard InChI is InChI=1S/C16H15F6N5O3S/c17-15(18,19)10-2-1-3-11(8-10)31(29,30)27-6-4-9(5-7-27)12(28)23-14-24-13(25-26-14)16(20,21)22/h1-3,8-9H,4-7H2,(H2,23,24,25,26,28). The first kappa shape index (κ1) is 23.0. The summed E-state index contributed by atoms with van der Waals surface area (Å²) in [4.78, 5) is 14.8. The normalized spacial score (nSPS) is 17.0. The number of carbonyl (C=O) groups is 1. The van der Waals surface area contributed by atoms with E-state index in [4.69, 9.17) is 0 Å². The Kier molecular flexibility index (Phi) is 6.01. The third-order valence-corrected chi connectivity index (χ3v) is 6.51. The first-order valence-electron chi connectivity index (χ1n) is 8.76. The number of amides is 1. The van der Waals surface area contributed by atoms with Gasteiger partial charge in [0, 0.05) is 19.0 Å². The third kappa shape index (κ3) is 5.15. The SMILES string of the molecule is O=C(Nc1n[nH]c(C(F)(F)F)n1)C1CCN(S(=O)(=O)c2cccc(C(F)(F)F)c2)CC1. The molecule has 2 heterocycles. The van der Waals surface area contributed by atoms with Crippen molar-refractivity contribution in [2.45, 2.75) is 30.1 Å². The number of halogens is 6. The number of piperidine rings is 1. The Morgan fingerprint density at radius 2 is 1.74 bits per heavy atom. The monoisotopic (exact) mass is 471 g/mol. The minimum atomic E-state index is -4.76. The average molecular weight is 471 g/mol. The van der Waals surface area contributed by atoms with Crippen molar-refractivity contribution in [2.24, 2.45) is 5.92 Å². The lowest BCUT2D eigenvalue weighted by Crippen LogP contribution is -2.41. The molecular weight excluding hydrogens is 456 g/mol. The molecule has 8 nitrogen and oxygen atoms in total. The summed E-state index contributed by atoms with van der Waals surface area (Å²) in [5, 5.41) is 7.03. The average Bonchev–Trinajstić information content (AvgIpc) is 3.16. The van der Waals surface area contributed by atoms with Crippen molar-refractivity contribution in [3.05, 3.63) is 35.7 Å². The predicted molar refractivity (Wildman–Crippen MR) is 92.9 cm³/mol. The van der Waals surface area contributed by atoms with Gasteiger partial charge in [0.05, 0.1) is 10.5 Å². The number of nitrogens with zero attached hydrogens (tertiary/aromatic N) is 3. The number of H-pyrrole nitrogens is 1. The lowest BCUT2D eigenvalue weighted by Gasteiger charge is -2.30. The first-order chi connectivity index (χ1) is 14.3. The zero-order valence-electron chi connectivity index (χ0n) is 15.5. The zero-order chi connectivity index (χ0) is 23.0. The summed E-state index contributed by atoms with van der Waals surface area (Å²) >= 11 is 0. The second-order valence-corrected chi connectivity index (χ2v) is 8.64. The van der Waals surface area contributed by atoms with Gasteiger partial charge in [-0.25, -0.2) is 8.42 Å². The number of alkyl halides is 6. The highest BCUT2D eigenvalue weighted by atomic mass is 32.2. The van der Waals surface area contributed by atoms with E-state index in [1.807, 2.05) is 0 Å². The predicted octanol–water partition coefficient (Wildman–Crippen LogP) is 2.88. The minimum Gasteiger partial charge on any atom is -0.293 e. The van der Waals surface area contributed by atoms with Gasteiger partial charge < -0.3 is 0 Å². The fourth-order valence-electron chi connectivity index (χ4n) is 3.00. The first-order valence-corrected chi connectivity index (χ1v) is 10.2. The Bertz CT molecular complexity index is 1060. The van der Waals surface area contributed by atoms with E-state index in [2.05, 4.69) is 15.4 Å². The maximum atomic E-state index is 12.9. The molecule has 1 saturated heterocycles. The van der Waals surface area contributed by atoms with E-state index in [9.17, 15) is 39.6 Å². The van der Waals surface area contributed by atoms with E-state index in [0.717, 1.165) is 22.5 Å². The number of sulfonamides is 1. The number of nitrogens with one attached hydrogen (secondary N) is 2.